The molecule has 0 unspecified atom stereocenters. The van der Waals surface area contributed by atoms with E-state index in [1.807, 2.05) is 5.38 Å². The van der Waals surface area contributed by atoms with Gasteiger partial charge in [0.1, 0.15) is 12.4 Å². The van der Waals surface area contributed by atoms with Crippen LogP contribution in [-0.2, 0) is 11.3 Å². The van der Waals surface area contributed by atoms with Crippen molar-refractivity contribution in [3.8, 4) is 0 Å². The Hall–Kier alpha value is -1.81. The van der Waals surface area contributed by atoms with Crippen molar-refractivity contribution in [2.24, 2.45) is 0 Å². The van der Waals surface area contributed by atoms with E-state index < -0.39 is 11.0 Å². The lowest BCUT2D eigenvalue weighted by Crippen LogP contribution is -2.43. The van der Waals surface area contributed by atoms with Gasteiger partial charge in [-0.3, -0.25) is 19.7 Å². The van der Waals surface area contributed by atoms with Crippen molar-refractivity contribution in [1.82, 2.24) is 14.7 Å². The minimum Gasteiger partial charge on any atom is -0.390 e. The molecule has 0 saturated carbocycles. The zero-order valence-corrected chi connectivity index (χ0v) is 13.3. The van der Waals surface area contributed by atoms with E-state index >= 15 is 0 Å². The molecule has 0 spiro atoms. The van der Waals surface area contributed by atoms with Crippen molar-refractivity contribution in [1.29, 1.82) is 0 Å². The largest absolute Gasteiger partial charge is 0.390 e. The van der Waals surface area contributed by atoms with Gasteiger partial charge in [0.15, 0.2) is 0 Å². The third-order valence-electron chi connectivity index (χ3n) is 3.76. The van der Waals surface area contributed by atoms with Crippen molar-refractivity contribution in [2.75, 3.05) is 26.2 Å². The summed E-state index contributed by atoms with van der Waals surface area (Å²) in [5.74, 6) is 0. The zero-order valence-electron chi connectivity index (χ0n) is 12.4. The highest BCUT2D eigenvalue weighted by molar-refractivity contribution is 7.07. The average Bonchev–Trinajstić information content (AvgIpc) is 3.18. The van der Waals surface area contributed by atoms with E-state index in [9.17, 15) is 15.2 Å². The quantitative estimate of drug-likeness (QED) is 0.630. The molecular formula is C14H18N4O4S. The molecule has 0 bridgehead atoms. The number of ether oxygens (including phenoxy) is 1. The molecular weight excluding hydrogens is 320 g/mol. The molecule has 1 N–H and O–H groups in total. The Morgan fingerprint density at radius 1 is 1.57 bits per heavy atom. The van der Waals surface area contributed by atoms with E-state index in [1.165, 1.54) is 17.1 Å². The van der Waals surface area contributed by atoms with Crippen LogP contribution in [0.2, 0.25) is 0 Å². The fraction of sp³-hybridized carbons (Fsp3) is 0.500. The van der Waals surface area contributed by atoms with Crippen LogP contribution in [0.1, 0.15) is 11.7 Å². The molecule has 1 aliphatic rings. The van der Waals surface area contributed by atoms with Crippen LogP contribution in [0.4, 0.5) is 5.69 Å². The number of aliphatic hydroxyl groups excluding tert-OH is 1. The number of aromatic nitrogens is 2. The van der Waals surface area contributed by atoms with Crippen molar-refractivity contribution in [2.45, 2.75) is 18.8 Å². The minimum atomic E-state index is -0.643. The number of thiophene rings is 1. The van der Waals surface area contributed by atoms with Crippen LogP contribution in [0.3, 0.4) is 0 Å². The summed E-state index contributed by atoms with van der Waals surface area (Å²) < 4.78 is 7.18. The number of nitrogens with zero attached hydrogens (tertiary/aromatic N) is 4. The summed E-state index contributed by atoms with van der Waals surface area (Å²) in [5, 5.41) is 28.8. The molecule has 3 heterocycles. The van der Waals surface area contributed by atoms with Gasteiger partial charge >= 0.3 is 5.69 Å². The lowest BCUT2D eigenvalue weighted by atomic mass is 10.1. The number of hydrogen-bond acceptors (Lipinski definition) is 7. The van der Waals surface area contributed by atoms with Gasteiger partial charge in [0.05, 0.1) is 30.3 Å². The van der Waals surface area contributed by atoms with Gasteiger partial charge in [-0.15, -0.1) is 0 Å². The molecule has 3 rings (SSSR count). The Bertz CT molecular complexity index is 645. The molecule has 8 nitrogen and oxygen atoms in total. The maximum Gasteiger partial charge on any atom is 0.306 e. The second-order valence-electron chi connectivity index (χ2n) is 5.51. The fourth-order valence-corrected chi connectivity index (χ4v) is 3.35. The van der Waals surface area contributed by atoms with Gasteiger partial charge in [0.25, 0.3) is 0 Å². The third kappa shape index (κ3) is 4.14. The Balaban J connectivity index is 1.52. The summed E-state index contributed by atoms with van der Waals surface area (Å²) in [4.78, 5) is 12.3. The monoisotopic (exact) mass is 338 g/mol. The molecule has 2 aromatic heterocycles. The molecule has 1 aliphatic heterocycles. The first kappa shape index (κ1) is 16.1. The number of β-amino-alcohol motifs (C(OH)–C–C–N with tert-alkyl or cyclic N) is 1. The molecule has 1 saturated heterocycles. The van der Waals surface area contributed by atoms with Gasteiger partial charge in [-0.25, -0.2) is 0 Å². The number of rotatable bonds is 6. The van der Waals surface area contributed by atoms with Crippen LogP contribution >= 0.6 is 11.3 Å². The van der Waals surface area contributed by atoms with Crippen molar-refractivity contribution >= 4 is 17.0 Å². The molecule has 9 heteroatoms. The molecule has 23 heavy (non-hydrogen) atoms. The van der Waals surface area contributed by atoms with Gasteiger partial charge in [0, 0.05) is 19.6 Å². The maximum absolute atomic E-state index is 10.6. The topological polar surface area (TPSA) is 93.7 Å². The number of hydrogen-bond donors (Lipinski definition) is 1. The predicted molar refractivity (Wildman–Crippen MR) is 84.3 cm³/mol. The van der Waals surface area contributed by atoms with Gasteiger partial charge in [-0.2, -0.15) is 16.4 Å². The summed E-state index contributed by atoms with van der Waals surface area (Å²) in [6, 6.07) is 2.05. The highest BCUT2D eigenvalue weighted by atomic mass is 32.1. The van der Waals surface area contributed by atoms with Gasteiger partial charge in [0.2, 0.25) is 0 Å². The van der Waals surface area contributed by atoms with Crippen LogP contribution in [-0.4, -0.2) is 57.1 Å². The second-order valence-corrected chi connectivity index (χ2v) is 6.29. The standard InChI is InChI=1S/C14H18N4O4S/c19-13(8-17-6-12(5-15-17)18(20)21)7-16-2-3-22-14(9-16)11-1-4-23-10-11/h1,4-6,10,13-14,19H,2-3,7-9H2/t13-,14+/m0/s1. The number of nitro groups is 1. The highest BCUT2D eigenvalue weighted by Gasteiger charge is 2.24. The van der Waals surface area contributed by atoms with E-state index in [0.29, 0.717) is 13.2 Å². The SMILES string of the molecule is O=[N+]([O-])c1cnn(C[C@@H](O)CN2CCO[C@@H](c3ccsc3)C2)c1. The van der Waals surface area contributed by atoms with E-state index in [0.717, 1.165) is 18.7 Å². The van der Waals surface area contributed by atoms with Crippen LogP contribution in [0.15, 0.2) is 29.2 Å². The van der Waals surface area contributed by atoms with E-state index in [1.54, 1.807) is 11.3 Å². The molecule has 2 atom stereocenters. The predicted octanol–water partition coefficient (Wildman–Crippen LogP) is 1.29. The Kier molecular flexibility index (Phi) is 5.01. The summed E-state index contributed by atoms with van der Waals surface area (Å²) in [6.07, 6.45) is 1.91. The highest BCUT2D eigenvalue weighted by Crippen LogP contribution is 2.24. The molecule has 0 radical (unpaired) electrons. The average molecular weight is 338 g/mol. The van der Waals surface area contributed by atoms with Crippen molar-refractivity contribution in [3.63, 3.8) is 0 Å². The Morgan fingerprint density at radius 2 is 2.43 bits per heavy atom. The second kappa shape index (κ2) is 7.18. The lowest BCUT2D eigenvalue weighted by Gasteiger charge is -2.33. The minimum absolute atomic E-state index is 0.0352. The fourth-order valence-electron chi connectivity index (χ4n) is 2.65. The smallest absolute Gasteiger partial charge is 0.306 e. The van der Waals surface area contributed by atoms with Crippen LogP contribution in [0.5, 0.6) is 0 Å². The molecule has 0 amide bonds. The summed E-state index contributed by atoms with van der Waals surface area (Å²) in [5.41, 5.74) is 1.10. The first-order valence-corrected chi connectivity index (χ1v) is 8.27. The van der Waals surface area contributed by atoms with Crippen LogP contribution < -0.4 is 0 Å². The van der Waals surface area contributed by atoms with E-state index in [-0.39, 0.29) is 18.3 Å². The summed E-state index contributed by atoms with van der Waals surface area (Å²) in [6.45, 7) is 2.83. The van der Waals surface area contributed by atoms with Crippen molar-refractivity contribution in [3.05, 3.63) is 44.9 Å². The van der Waals surface area contributed by atoms with Crippen LogP contribution in [0.25, 0.3) is 0 Å². The normalized spacial score (nSPS) is 20.5. The third-order valence-corrected chi connectivity index (χ3v) is 4.46. The first-order valence-electron chi connectivity index (χ1n) is 7.33. The first-order chi connectivity index (χ1) is 11.1. The molecule has 1 fully saturated rings. The van der Waals surface area contributed by atoms with Gasteiger partial charge < -0.3 is 9.84 Å². The molecule has 124 valence electrons. The van der Waals surface area contributed by atoms with Gasteiger partial charge in [-0.1, -0.05) is 0 Å². The van der Waals surface area contributed by atoms with E-state index in [2.05, 4.69) is 21.4 Å². The Labute approximate surface area is 137 Å². The maximum atomic E-state index is 10.6. The summed E-state index contributed by atoms with van der Waals surface area (Å²) >= 11 is 1.64. The number of aliphatic hydroxyl groups is 1. The Morgan fingerprint density at radius 3 is 3.13 bits per heavy atom. The van der Waals surface area contributed by atoms with Crippen LogP contribution in [0, 0.1) is 10.1 Å². The number of morpholine rings is 1. The van der Waals surface area contributed by atoms with Crippen molar-refractivity contribution < 1.29 is 14.8 Å². The van der Waals surface area contributed by atoms with E-state index in [4.69, 9.17) is 4.74 Å². The zero-order chi connectivity index (χ0) is 16.2. The van der Waals surface area contributed by atoms with Gasteiger partial charge in [-0.05, 0) is 22.4 Å². The molecule has 2 aromatic rings. The summed E-state index contributed by atoms with van der Waals surface area (Å²) in [7, 11) is 0. The molecule has 0 aromatic carbocycles. The lowest BCUT2D eigenvalue weighted by molar-refractivity contribution is -0.385. The molecule has 0 aliphatic carbocycles.